The second-order valence-electron chi connectivity index (χ2n) is 4.51. The number of benzene rings is 1. The number of esters is 1. The molecule has 0 radical (unpaired) electrons. The fourth-order valence-electron chi connectivity index (χ4n) is 1.78. The number of para-hydroxylation sites is 1. The molecule has 1 aromatic heterocycles. The molecule has 0 saturated heterocycles. The summed E-state index contributed by atoms with van der Waals surface area (Å²) in [5.41, 5.74) is -1.34. The molecule has 0 spiro atoms. The summed E-state index contributed by atoms with van der Waals surface area (Å²) in [6, 6.07) is 8.10. The fraction of sp³-hybridized carbons (Fsp3) is 0.200. The molecule has 4 nitrogen and oxygen atoms in total. The number of hydrogen-bond donors (Lipinski definition) is 1. The Labute approximate surface area is 133 Å². The van der Waals surface area contributed by atoms with E-state index in [1.54, 1.807) is 17.5 Å². The molecule has 1 heterocycles. The van der Waals surface area contributed by atoms with Crippen LogP contribution in [0.2, 0.25) is 0 Å². The van der Waals surface area contributed by atoms with Crippen LogP contribution < -0.4 is 5.32 Å². The van der Waals surface area contributed by atoms with Crippen molar-refractivity contribution in [3.8, 4) is 0 Å². The first-order valence-corrected chi connectivity index (χ1v) is 7.38. The van der Waals surface area contributed by atoms with Gasteiger partial charge in [0.25, 0.3) is 5.91 Å². The summed E-state index contributed by atoms with van der Waals surface area (Å²) in [5.74, 6) is -1.45. The van der Waals surface area contributed by atoms with Crippen LogP contribution in [-0.2, 0) is 26.9 Å². The normalized spacial score (nSPS) is 11.1. The molecule has 1 aromatic carbocycles. The number of anilines is 1. The third-order valence-corrected chi connectivity index (χ3v) is 3.65. The van der Waals surface area contributed by atoms with Crippen LogP contribution in [0.4, 0.5) is 18.9 Å². The van der Waals surface area contributed by atoms with Crippen LogP contribution in [-0.4, -0.2) is 18.5 Å². The molecular weight excluding hydrogens is 331 g/mol. The van der Waals surface area contributed by atoms with Gasteiger partial charge in [0.1, 0.15) is 0 Å². The molecule has 2 rings (SSSR count). The minimum absolute atomic E-state index is 0.0179. The lowest BCUT2D eigenvalue weighted by Crippen LogP contribution is -2.23. The molecule has 23 heavy (non-hydrogen) atoms. The maximum Gasteiger partial charge on any atom is 0.418 e. The van der Waals surface area contributed by atoms with Crippen LogP contribution in [0, 0.1) is 0 Å². The Morgan fingerprint density at radius 1 is 1.13 bits per heavy atom. The summed E-state index contributed by atoms with van der Waals surface area (Å²) >= 11 is 1.37. The van der Waals surface area contributed by atoms with Gasteiger partial charge >= 0.3 is 12.1 Å². The molecule has 0 aliphatic rings. The summed E-state index contributed by atoms with van der Waals surface area (Å²) < 4.78 is 43.1. The van der Waals surface area contributed by atoms with E-state index in [2.05, 4.69) is 5.32 Å². The second-order valence-corrected chi connectivity index (χ2v) is 5.54. The third kappa shape index (κ3) is 5.10. The van der Waals surface area contributed by atoms with E-state index >= 15 is 0 Å². The zero-order valence-electron chi connectivity index (χ0n) is 11.7. The molecule has 2 aromatic rings. The molecule has 122 valence electrons. The van der Waals surface area contributed by atoms with E-state index in [4.69, 9.17) is 4.74 Å². The number of nitrogens with one attached hydrogen (secondary N) is 1. The maximum absolute atomic E-state index is 12.8. The summed E-state index contributed by atoms with van der Waals surface area (Å²) in [4.78, 5) is 23.9. The maximum atomic E-state index is 12.8. The molecule has 0 bridgehead atoms. The van der Waals surface area contributed by atoms with E-state index in [0.717, 1.165) is 17.0 Å². The molecule has 0 atom stereocenters. The number of alkyl halides is 3. The van der Waals surface area contributed by atoms with Gasteiger partial charge in [0.05, 0.1) is 17.7 Å². The van der Waals surface area contributed by atoms with Gasteiger partial charge in [-0.25, -0.2) is 0 Å². The first-order chi connectivity index (χ1) is 10.9. The predicted molar refractivity (Wildman–Crippen MR) is 79.1 cm³/mol. The summed E-state index contributed by atoms with van der Waals surface area (Å²) in [6.45, 7) is -0.642. The Balaban J connectivity index is 1.89. The van der Waals surface area contributed by atoms with E-state index in [9.17, 15) is 22.8 Å². The van der Waals surface area contributed by atoms with Gasteiger partial charge in [-0.05, 0) is 23.6 Å². The van der Waals surface area contributed by atoms with E-state index in [-0.39, 0.29) is 12.1 Å². The zero-order valence-corrected chi connectivity index (χ0v) is 12.5. The number of carbonyl (C=O) groups excluding carboxylic acids is 2. The van der Waals surface area contributed by atoms with Crippen molar-refractivity contribution in [3.05, 3.63) is 52.2 Å². The van der Waals surface area contributed by atoms with Gasteiger partial charge in [-0.2, -0.15) is 13.2 Å². The SMILES string of the molecule is O=C(COC(=O)Cc1cccs1)Nc1ccccc1C(F)(F)F. The highest BCUT2D eigenvalue weighted by molar-refractivity contribution is 7.10. The van der Waals surface area contributed by atoms with Crippen LogP contribution in [0.5, 0.6) is 0 Å². The lowest BCUT2D eigenvalue weighted by molar-refractivity contribution is -0.146. The van der Waals surface area contributed by atoms with E-state index in [1.165, 1.54) is 23.5 Å². The number of halogens is 3. The van der Waals surface area contributed by atoms with E-state index in [1.807, 2.05) is 0 Å². The monoisotopic (exact) mass is 343 g/mol. The second kappa shape index (κ2) is 7.28. The van der Waals surface area contributed by atoms with Crippen LogP contribution in [0.1, 0.15) is 10.4 Å². The molecule has 0 aliphatic heterocycles. The first kappa shape index (κ1) is 17.0. The number of hydrogen-bond acceptors (Lipinski definition) is 4. The molecule has 8 heteroatoms. The molecular formula is C15H12F3NO3S. The molecule has 0 unspecified atom stereocenters. The Morgan fingerprint density at radius 2 is 1.87 bits per heavy atom. The lowest BCUT2D eigenvalue weighted by atomic mass is 10.1. The van der Waals surface area contributed by atoms with Gasteiger partial charge in [0, 0.05) is 4.88 Å². The van der Waals surface area contributed by atoms with Crippen molar-refractivity contribution in [2.75, 3.05) is 11.9 Å². The highest BCUT2D eigenvalue weighted by Gasteiger charge is 2.33. The standard InChI is InChI=1S/C15H12F3NO3S/c16-15(17,18)11-5-1-2-6-12(11)19-13(20)9-22-14(21)8-10-4-3-7-23-10/h1-7H,8-9H2,(H,19,20). The van der Waals surface area contributed by atoms with Crippen molar-refractivity contribution < 1.29 is 27.5 Å². The molecule has 1 N–H and O–H groups in total. The van der Waals surface area contributed by atoms with Crippen molar-refractivity contribution in [1.29, 1.82) is 0 Å². The Hall–Kier alpha value is -2.35. The molecule has 1 amide bonds. The zero-order chi connectivity index (χ0) is 16.9. The fourth-order valence-corrected chi connectivity index (χ4v) is 2.47. The average molecular weight is 343 g/mol. The lowest BCUT2D eigenvalue weighted by Gasteiger charge is -2.13. The molecule has 0 saturated carbocycles. The van der Waals surface area contributed by atoms with Gasteiger partial charge in [0.2, 0.25) is 0 Å². The third-order valence-electron chi connectivity index (χ3n) is 2.77. The van der Waals surface area contributed by atoms with Gasteiger partial charge in [0.15, 0.2) is 6.61 Å². The van der Waals surface area contributed by atoms with Gasteiger partial charge in [-0.15, -0.1) is 11.3 Å². The quantitative estimate of drug-likeness (QED) is 0.846. The minimum atomic E-state index is -4.58. The Morgan fingerprint density at radius 3 is 2.52 bits per heavy atom. The number of thiophene rings is 1. The van der Waals surface area contributed by atoms with Crippen molar-refractivity contribution in [2.24, 2.45) is 0 Å². The van der Waals surface area contributed by atoms with Crippen LogP contribution in [0.3, 0.4) is 0 Å². The summed E-state index contributed by atoms with van der Waals surface area (Å²) in [5, 5.41) is 3.89. The Bertz CT molecular complexity index is 684. The first-order valence-electron chi connectivity index (χ1n) is 6.50. The van der Waals surface area contributed by atoms with E-state index in [0.29, 0.717) is 0 Å². The van der Waals surface area contributed by atoms with Crippen molar-refractivity contribution in [1.82, 2.24) is 0 Å². The van der Waals surface area contributed by atoms with Gasteiger partial charge in [-0.1, -0.05) is 18.2 Å². The summed E-state index contributed by atoms with van der Waals surface area (Å²) in [6.07, 6.45) is -4.57. The Kier molecular flexibility index (Phi) is 5.38. The topological polar surface area (TPSA) is 55.4 Å². The van der Waals surface area contributed by atoms with Crippen LogP contribution in [0.25, 0.3) is 0 Å². The smallest absolute Gasteiger partial charge is 0.418 e. The molecule has 0 aliphatic carbocycles. The number of amides is 1. The highest BCUT2D eigenvalue weighted by Crippen LogP contribution is 2.34. The van der Waals surface area contributed by atoms with Crippen molar-refractivity contribution in [2.45, 2.75) is 12.6 Å². The average Bonchev–Trinajstić information content (AvgIpc) is 2.97. The van der Waals surface area contributed by atoms with Gasteiger partial charge < -0.3 is 10.1 Å². The van der Waals surface area contributed by atoms with Crippen molar-refractivity contribution in [3.63, 3.8) is 0 Å². The highest BCUT2D eigenvalue weighted by atomic mass is 32.1. The van der Waals surface area contributed by atoms with E-state index < -0.39 is 30.2 Å². The van der Waals surface area contributed by atoms with Crippen molar-refractivity contribution >= 4 is 28.9 Å². The largest absolute Gasteiger partial charge is 0.455 e. The molecule has 0 fully saturated rings. The predicted octanol–water partition coefficient (Wildman–Crippen LogP) is 3.49. The minimum Gasteiger partial charge on any atom is -0.455 e. The van der Waals surface area contributed by atoms with Gasteiger partial charge in [-0.3, -0.25) is 9.59 Å². The number of ether oxygens (including phenoxy) is 1. The van der Waals surface area contributed by atoms with Crippen LogP contribution >= 0.6 is 11.3 Å². The number of carbonyl (C=O) groups is 2. The number of rotatable bonds is 5. The summed E-state index contributed by atoms with van der Waals surface area (Å²) in [7, 11) is 0. The van der Waals surface area contributed by atoms with Crippen LogP contribution in [0.15, 0.2) is 41.8 Å².